The highest BCUT2D eigenvalue weighted by Gasteiger charge is 2.13. The number of nitrogen functional groups attached to an aromatic ring is 1. The third-order valence-electron chi connectivity index (χ3n) is 3.25. The molecular weight excluding hydrogens is 210 g/mol. The van der Waals surface area contributed by atoms with Crippen LogP contribution in [-0.2, 0) is 0 Å². The maximum absolute atomic E-state index is 6.16. The predicted octanol–water partition coefficient (Wildman–Crippen LogP) is 3.33. The van der Waals surface area contributed by atoms with Gasteiger partial charge in [0.1, 0.15) is 11.5 Å². The van der Waals surface area contributed by atoms with E-state index in [-0.39, 0.29) is 0 Å². The van der Waals surface area contributed by atoms with Gasteiger partial charge in [-0.3, -0.25) is 0 Å². The summed E-state index contributed by atoms with van der Waals surface area (Å²) in [5.41, 5.74) is 10.7. The number of nitrogens with two attached hydrogens (primary N) is 1. The molecule has 0 atom stereocenters. The van der Waals surface area contributed by atoms with Crippen molar-refractivity contribution in [2.75, 3.05) is 5.73 Å². The fourth-order valence-corrected chi connectivity index (χ4v) is 2.00. The molecule has 3 heteroatoms. The first-order valence-electron chi connectivity index (χ1n) is 5.91. The summed E-state index contributed by atoms with van der Waals surface area (Å²) in [5.74, 6) is 0.744. The summed E-state index contributed by atoms with van der Waals surface area (Å²) in [6.07, 6.45) is 1.82. The molecule has 2 aromatic rings. The van der Waals surface area contributed by atoms with Gasteiger partial charge in [-0.1, -0.05) is 18.2 Å². The van der Waals surface area contributed by atoms with Crippen LogP contribution in [0.1, 0.15) is 31.0 Å². The number of aryl methyl sites for hydroxylation is 1. The van der Waals surface area contributed by atoms with Crippen molar-refractivity contribution in [2.24, 2.45) is 0 Å². The number of imidazole rings is 1. The Kier molecular flexibility index (Phi) is 2.92. The summed E-state index contributed by atoms with van der Waals surface area (Å²) in [7, 11) is 0. The topological polar surface area (TPSA) is 43.8 Å². The lowest BCUT2D eigenvalue weighted by atomic mass is 10.0. The number of anilines is 1. The molecule has 0 saturated carbocycles. The van der Waals surface area contributed by atoms with Crippen LogP contribution in [0.4, 0.5) is 5.82 Å². The van der Waals surface area contributed by atoms with Gasteiger partial charge in [-0.25, -0.2) is 4.98 Å². The zero-order valence-electron chi connectivity index (χ0n) is 10.9. The van der Waals surface area contributed by atoms with Crippen molar-refractivity contribution in [3.63, 3.8) is 0 Å². The summed E-state index contributed by atoms with van der Waals surface area (Å²) in [5, 5.41) is 0. The minimum absolute atomic E-state index is 0.335. The van der Waals surface area contributed by atoms with E-state index < -0.39 is 0 Å². The van der Waals surface area contributed by atoms with Gasteiger partial charge in [0, 0.05) is 11.6 Å². The van der Waals surface area contributed by atoms with Gasteiger partial charge in [0.15, 0.2) is 0 Å². The molecule has 0 saturated heterocycles. The van der Waals surface area contributed by atoms with Gasteiger partial charge in [-0.05, 0) is 38.8 Å². The van der Waals surface area contributed by atoms with Crippen LogP contribution in [-0.4, -0.2) is 9.55 Å². The molecule has 0 aliphatic carbocycles. The second kappa shape index (κ2) is 4.24. The lowest BCUT2D eigenvalue weighted by molar-refractivity contribution is 0.607. The Morgan fingerprint density at radius 1 is 1.24 bits per heavy atom. The van der Waals surface area contributed by atoms with E-state index in [2.05, 4.69) is 44.8 Å². The molecule has 1 aromatic carbocycles. The molecule has 0 fully saturated rings. The summed E-state index contributed by atoms with van der Waals surface area (Å²) >= 11 is 0. The van der Waals surface area contributed by atoms with Crippen molar-refractivity contribution >= 4 is 5.82 Å². The number of hydrogen-bond acceptors (Lipinski definition) is 2. The first kappa shape index (κ1) is 11.7. The van der Waals surface area contributed by atoms with Crippen LogP contribution in [0.2, 0.25) is 0 Å². The van der Waals surface area contributed by atoms with E-state index >= 15 is 0 Å². The molecule has 2 N–H and O–H groups in total. The highest BCUT2D eigenvalue weighted by atomic mass is 15.1. The molecule has 0 unspecified atom stereocenters. The smallest absolute Gasteiger partial charge is 0.131 e. The van der Waals surface area contributed by atoms with Crippen LogP contribution in [0.5, 0.6) is 0 Å². The first-order valence-corrected chi connectivity index (χ1v) is 5.91. The molecule has 1 aromatic heterocycles. The maximum Gasteiger partial charge on any atom is 0.131 e. The van der Waals surface area contributed by atoms with Crippen LogP contribution < -0.4 is 5.73 Å². The average Bonchev–Trinajstić information content (AvgIpc) is 2.64. The summed E-state index contributed by atoms with van der Waals surface area (Å²) < 4.78 is 2.00. The summed E-state index contributed by atoms with van der Waals surface area (Å²) in [4.78, 5) is 4.45. The Labute approximate surface area is 102 Å². The van der Waals surface area contributed by atoms with Gasteiger partial charge < -0.3 is 10.3 Å². The Morgan fingerprint density at radius 2 is 1.94 bits per heavy atom. The lowest BCUT2D eigenvalue weighted by Crippen LogP contribution is -2.04. The van der Waals surface area contributed by atoms with Crippen LogP contribution in [0.3, 0.4) is 0 Å². The zero-order valence-corrected chi connectivity index (χ0v) is 10.9. The number of hydrogen-bond donors (Lipinski definition) is 1. The molecule has 1 heterocycles. The molecular formula is C14H19N3. The van der Waals surface area contributed by atoms with E-state index in [1.807, 2.05) is 17.0 Å². The van der Waals surface area contributed by atoms with Crippen molar-refractivity contribution in [3.05, 3.63) is 35.7 Å². The van der Waals surface area contributed by atoms with Crippen molar-refractivity contribution in [3.8, 4) is 11.3 Å². The molecule has 2 rings (SSSR count). The van der Waals surface area contributed by atoms with Gasteiger partial charge in [0.05, 0.1) is 6.33 Å². The number of rotatable bonds is 2. The standard InChI is InChI=1S/C14H19N3/c1-9(2)17-8-16-13(14(17)15)12-7-5-6-10(3)11(12)4/h5-9H,15H2,1-4H3. The van der Waals surface area contributed by atoms with Crippen molar-refractivity contribution < 1.29 is 0 Å². The predicted molar refractivity (Wildman–Crippen MR) is 71.9 cm³/mol. The van der Waals surface area contributed by atoms with E-state index in [0.717, 1.165) is 17.1 Å². The maximum atomic E-state index is 6.16. The van der Waals surface area contributed by atoms with Crippen molar-refractivity contribution in [2.45, 2.75) is 33.7 Å². The highest BCUT2D eigenvalue weighted by Crippen LogP contribution is 2.30. The van der Waals surface area contributed by atoms with Crippen LogP contribution in [0.25, 0.3) is 11.3 Å². The van der Waals surface area contributed by atoms with Gasteiger partial charge in [-0.15, -0.1) is 0 Å². The number of nitrogens with zero attached hydrogens (tertiary/aromatic N) is 2. The van der Waals surface area contributed by atoms with E-state index in [0.29, 0.717) is 6.04 Å². The molecule has 90 valence electrons. The minimum Gasteiger partial charge on any atom is -0.383 e. The molecule has 0 spiro atoms. The Hall–Kier alpha value is -1.77. The Bertz CT molecular complexity index is 538. The summed E-state index contributed by atoms with van der Waals surface area (Å²) in [6.45, 7) is 8.42. The third kappa shape index (κ3) is 1.93. The molecule has 17 heavy (non-hydrogen) atoms. The molecule has 0 aliphatic heterocycles. The summed E-state index contributed by atoms with van der Waals surface area (Å²) in [6, 6.07) is 6.56. The molecule has 0 aliphatic rings. The van der Waals surface area contributed by atoms with Gasteiger partial charge in [-0.2, -0.15) is 0 Å². The minimum atomic E-state index is 0.335. The van der Waals surface area contributed by atoms with E-state index in [4.69, 9.17) is 5.73 Å². The van der Waals surface area contributed by atoms with E-state index in [1.54, 1.807) is 0 Å². The van der Waals surface area contributed by atoms with E-state index in [9.17, 15) is 0 Å². The highest BCUT2D eigenvalue weighted by molar-refractivity contribution is 5.74. The third-order valence-corrected chi connectivity index (χ3v) is 3.25. The SMILES string of the molecule is Cc1cccc(-c2ncn(C(C)C)c2N)c1C. The molecule has 0 radical (unpaired) electrons. The Balaban J connectivity index is 2.58. The second-order valence-corrected chi connectivity index (χ2v) is 4.73. The molecule has 3 nitrogen and oxygen atoms in total. The van der Waals surface area contributed by atoms with Crippen LogP contribution in [0.15, 0.2) is 24.5 Å². The van der Waals surface area contributed by atoms with E-state index in [1.165, 1.54) is 11.1 Å². The first-order chi connectivity index (χ1) is 8.02. The largest absolute Gasteiger partial charge is 0.383 e. The van der Waals surface area contributed by atoms with Crippen molar-refractivity contribution in [1.29, 1.82) is 0 Å². The normalized spacial score (nSPS) is 11.1. The fraction of sp³-hybridized carbons (Fsp3) is 0.357. The second-order valence-electron chi connectivity index (χ2n) is 4.73. The van der Waals surface area contributed by atoms with Gasteiger partial charge >= 0.3 is 0 Å². The van der Waals surface area contributed by atoms with Crippen LogP contribution in [0, 0.1) is 13.8 Å². The zero-order chi connectivity index (χ0) is 12.6. The monoisotopic (exact) mass is 229 g/mol. The fourth-order valence-electron chi connectivity index (χ4n) is 2.00. The number of benzene rings is 1. The molecule has 0 bridgehead atoms. The van der Waals surface area contributed by atoms with Crippen molar-refractivity contribution in [1.82, 2.24) is 9.55 Å². The molecule has 0 amide bonds. The number of aromatic nitrogens is 2. The van der Waals surface area contributed by atoms with Crippen LogP contribution >= 0.6 is 0 Å². The average molecular weight is 229 g/mol. The lowest BCUT2D eigenvalue weighted by Gasteiger charge is -2.10. The Morgan fingerprint density at radius 3 is 2.53 bits per heavy atom. The quantitative estimate of drug-likeness (QED) is 0.858. The van der Waals surface area contributed by atoms with Gasteiger partial charge in [0.2, 0.25) is 0 Å². The van der Waals surface area contributed by atoms with Gasteiger partial charge in [0.25, 0.3) is 0 Å².